The number of carbonyl (C=O) groups is 1. The van der Waals surface area contributed by atoms with E-state index in [2.05, 4.69) is 30.6 Å². The molecule has 0 fully saturated rings. The molecule has 162 valence electrons. The quantitative estimate of drug-likeness (QED) is 0.305. The predicted octanol–water partition coefficient (Wildman–Crippen LogP) is 3.21. The molecule has 0 atom stereocenters. The number of esters is 1. The first-order valence-electron chi connectivity index (χ1n) is 10.6. The standard InChI is InChI=1S/C23H18N8O2/c1-3-14-21-19-13(7-5-8-16(19)24-11-30(21)28-26-14)23(32)33-18-10-6-9-17-20(18)22-15(4-2)27-29-31(22)12-25-17/h5-12H,3-4H2,1-2H3. The molecule has 0 bridgehead atoms. The highest BCUT2D eigenvalue weighted by Crippen LogP contribution is 2.32. The lowest BCUT2D eigenvalue weighted by atomic mass is 10.1. The fraction of sp³-hybridized carbons (Fsp3) is 0.174. The van der Waals surface area contributed by atoms with Crippen molar-refractivity contribution in [2.24, 2.45) is 0 Å². The van der Waals surface area contributed by atoms with Crippen LogP contribution < -0.4 is 4.74 Å². The minimum atomic E-state index is -0.501. The lowest BCUT2D eigenvalue weighted by Crippen LogP contribution is -2.11. The van der Waals surface area contributed by atoms with Crippen LogP contribution in [-0.4, -0.2) is 45.6 Å². The van der Waals surface area contributed by atoms with Crippen LogP contribution in [0.3, 0.4) is 0 Å². The zero-order chi connectivity index (χ0) is 22.5. The summed E-state index contributed by atoms with van der Waals surface area (Å²) >= 11 is 0. The minimum Gasteiger partial charge on any atom is -0.422 e. The third-order valence-corrected chi connectivity index (χ3v) is 5.75. The van der Waals surface area contributed by atoms with Crippen molar-refractivity contribution >= 4 is 38.8 Å². The van der Waals surface area contributed by atoms with Crippen LogP contribution in [0.15, 0.2) is 49.1 Å². The maximum atomic E-state index is 13.5. The van der Waals surface area contributed by atoms with Gasteiger partial charge < -0.3 is 4.74 Å². The minimum absolute atomic E-state index is 0.391. The SMILES string of the molecule is CCc1nnn2cnc3cccc(OC(=O)c4cccc5ncn6nnc(CC)c6c45)c3c12. The largest absolute Gasteiger partial charge is 0.422 e. The molecule has 0 saturated carbocycles. The number of ether oxygens (including phenoxy) is 1. The van der Waals surface area contributed by atoms with Crippen molar-refractivity contribution in [2.75, 3.05) is 0 Å². The van der Waals surface area contributed by atoms with Crippen molar-refractivity contribution in [3.63, 3.8) is 0 Å². The Bertz CT molecular complexity index is 1700. The van der Waals surface area contributed by atoms with Crippen molar-refractivity contribution in [2.45, 2.75) is 26.7 Å². The molecular formula is C23H18N8O2. The lowest BCUT2D eigenvalue weighted by Gasteiger charge is -2.11. The highest BCUT2D eigenvalue weighted by Gasteiger charge is 2.21. The van der Waals surface area contributed by atoms with Crippen LogP contribution in [0.2, 0.25) is 0 Å². The summed E-state index contributed by atoms with van der Waals surface area (Å²) in [5.41, 5.74) is 4.88. The van der Waals surface area contributed by atoms with Gasteiger partial charge in [-0.1, -0.05) is 36.4 Å². The fourth-order valence-corrected chi connectivity index (χ4v) is 4.21. The van der Waals surface area contributed by atoms with E-state index in [1.807, 2.05) is 32.0 Å². The summed E-state index contributed by atoms with van der Waals surface area (Å²) < 4.78 is 9.17. The van der Waals surface area contributed by atoms with Gasteiger partial charge in [0.05, 0.1) is 33.4 Å². The predicted molar refractivity (Wildman–Crippen MR) is 120 cm³/mol. The molecule has 0 unspecified atom stereocenters. The van der Waals surface area contributed by atoms with Crippen LogP contribution in [-0.2, 0) is 12.8 Å². The zero-order valence-corrected chi connectivity index (χ0v) is 17.9. The second-order valence-corrected chi connectivity index (χ2v) is 7.59. The smallest absolute Gasteiger partial charge is 0.344 e. The number of rotatable bonds is 4. The summed E-state index contributed by atoms with van der Waals surface area (Å²) in [6.45, 7) is 4.00. The number of benzene rings is 2. The van der Waals surface area contributed by atoms with Gasteiger partial charge in [0, 0.05) is 5.39 Å². The molecule has 0 saturated heterocycles. The second-order valence-electron chi connectivity index (χ2n) is 7.59. The molecule has 0 spiro atoms. The Morgan fingerprint density at radius 1 is 0.818 bits per heavy atom. The number of fused-ring (bicyclic) bond motifs is 6. The summed E-state index contributed by atoms with van der Waals surface area (Å²) in [6, 6.07) is 10.8. The Balaban J connectivity index is 1.55. The van der Waals surface area contributed by atoms with Gasteiger partial charge in [-0.25, -0.2) is 23.8 Å². The third kappa shape index (κ3) is 2.84. The van der Waals surface area contributed by atoms with E-state index in [0.717, 1.165) is 22.4 Å². The first-order valence-corrected chi connectivity index (χ1v) is 10.6. The van der Waals surface area contributed by atoms with E-state index in [0.29, 0.717) is 46.0 Å². The van der Waals surface area contributed by atoms with Crippen LogP contribution in [0.25, 0.3) is 32.8 Å². The number of hydrogen-bond acceptors (Lipinski definition) is 8. The Morgan fingerprint density at radius 2 is 1.39 bits per heavy atom. The maximum Gasteiger partial charge on any atom is 0.344 e. The molecule has 2 aromatic carbocycles. The topological polar surface area (TPSA) is 112 Å². The number of nitrogens with zero attached hydrogens (tertiary/aromatic N) is 8. The van der Waals surface area contributed by atoms with Gasteiger partial charge in [0.15, 0.2) is 0 Å². The van der Waals surface area contributed by atoms with Gasteiger partial charge in [-0.05, 0) is 37.1 Å². The van der Waals surface area contributed by atoms with E-state index in [1.165, 1.54) is 0 Å². The first-order chi connectivity index (χ1) is 16.2. The average Bonchev–Trinajstić information content (AvgIpc) is 3.47. The van der Waals surface area contributed by atoms with Crippen LogP contribution in [0, 0.1) is 0 Å². The first kappa shape index (κ1) is 19.2. The molecule has 33 heavy (non-hydrogen) atoms. The Labute approximate surface area is 186 Å². The molecule has 6 rings (SSSR count). The van der Waals surface area contributed by atoms with Crippen molar-refractivity contribution < 1.29 is 9.53 Å². The van der Waals surface area contributed by atoms with Crippen molar-refractivity contribution in [3.8, 4) is 5.75 Å². The summed E-state index contributed by atoms with van der Waals surface area (Å²) in [5.74, 6) is -0.106. The van der Waals surface area contributed by atoms with Crippen molar-refractivity contribution in [1.29, 1.82) is 0 Å². The Kier molecular flexibility index (Phi) is 4.25. The van der Waals surface area contributed by atoms with Crippen LogP contribution in [0.5, 0.6) is 5.75 Å². The normalized spacial score (nSPS) is 11.7. The monoisotopic (exact) mass is 438 g/mol. The second kappa shape index (κ2) is 7.30. The molecule has 10 heteroatoms. The molecule has 4 heterocycles. The van der Waals surface area contributed by atoms with E-state index in [4.69, 9.17) is 4.74 Å². The van der Waals surface area contributed by atoms with Gasteiger partial charge in [0.2, 0.25) is 0 Å². The molecule has 0 radical (unpaired) electrons. The summed E-state index contributed by atoms with van der Waals surface area (Å²) in [5, 5.41) is 18.1. The molecule has 0 amide bonds. The lowest BCUT2D eigenvalue weighted by molar-refractivity contribution is 0.0739. The van der Waals surface area contributed by atoms with Crippen LogP contribution in [0.1, 0.15) is 35.6 Å². The summed E-state index contributed by atoms with van der Waals surface area (Å²) in [4.78, 5) is 22.4. The van der Waals surface area contributed by atoms with Crippen LogP contribution in [0.4, 0.5) is 0 Å². The van der Waals surface area contributed by atoms with Crippen LogP contribution >= 0.6 is 0 Å². The molecule has 4 aromatic heterocycles. The van der Waals surface area contributed by atoms with E-state index in [1.54, 1.807) is 39.9 Å². The van der Waals surface area contributed by atoms with Gasteiger partial charge in [-0.15, -0.1) is 10.2 Å². The summed E-state index contributed by atoms with van der Waals surface area (Å²) in [7, 11) is 0. The highest BCUT2D eigenvalue weighted by atomic mass is 16.5. The number of aryl methyl sites for hydroxylation is 2. The van der Waals surface area contributed by atoms with Crippen molar-refractivity contribution in [1.82, 2.24) is 39.6 Å². The molecule has 6 aromatic rings. The van der Waals surface area contributed by atoms with E-state index >= 15 is 0 Å². The number of hydrogen-bond donors (Lipinski definition) is 0. The zero-order valence-electron chi connectivity index (χ0n) is 17.9. The van der Waals surface area contributed by atoms with Crippen molar-refractivity contribution in [3.05, 3.63) is 66.0 Å². The van der Waals surface area contributed by atoms with Gasteiger partial charge in [0.25, 0.3) is 0 Å². The van der Waals surface area contributed by atoms with Gasteiger partial charge in [-0.2, -0.15) is 0 Å². The number of carbonyl (C=O) groups excluding carboxylic acids is 1. The van der Waals surface area contributed by atoms with E-state index in [9.17, 15) is 4.79 Å². The molecule has 0 aliphatic carbocycles. The molecule has 0 N–H and O–H groups in total. The highest BCUT2D eigenvalue weighted by molar-refractivity contribution is 6.11. The van der Waals surface area contributed by atoms with Gasteiger partial charge >= 0.3 is 5.97 Å². The maximum absolute atomic E-state index is 13.5. The van der Waals surface area contributed by atoms with Gasteiger partial charge in [0.1, 0.15) is 29.4 Å². The fourth-order valence-electron chi connectivity index (χ4n) is 4.21. The molecular weight excluding hydrogens is 420 g/mol. The Morgan fingerprint density at radius 3 is 2.03 bits per heavy atom. The third-order valence-electron chi connectivity index (χ3n) is 5.75. The Hall–Kier alpha value is -4.47. The molecule has 0 aliphatic rings. The summed E-state index contributed by atoms with van der Waals surface area (Å²) in [6.07, 6.45) is 4.57. The average molecular weight is 438 g/mol. The van der Waals surface area contributed by atoms with Gasteiger partial charge in [-0.3, -0.25) is 0 Å². The number of aromatic nitrogens is 8. The molecule has 0 aliphatic heterocycles. The molecule has 10 nitrogen and oxygen atoms in total. The van der Waals surface area contributed by atoms with E-state index in [-0.39, 0.29) is 0 Å². The van der Waals surface area contributed by atoms with E-state index < -0.39 is 5.97 Å².